The molecule has 1 aromatic rings. The summed E-state index contributed by atoms with van der Waals surface area (Å²) >= 11 is 0. The maximum absolute atomic E-state index is 9.90. The van der Waals surface area contributed by atoms with E-state index >= 15 is 0 Å². The van der Waals surface area contributed by atoms with Crippen LogP contribution in [0.1, 0.15) is 43.5 Å². The monoisotopic (exact) mass is 274 g/mol. The van der Waals surface area contributed by atoms with Gasteiger partial charge in [-0.25, -0.2) is 0 Å². The SMILES string of the molecule is Cc1cccc(CN2CCCC(CO)(CC3CC3)C2)n1. The molecule has 3 rings (SSSR count). The summed E-state index contributed by atoms with van der Waals surface area (Å²) in [6.45, 7) is 5.50. The molecule has 1 atom stereocenters. The molecule has 2 fully saturated rings. The highest BCUT2D eigenvalue weighted by molar-refractivity contribution is 5.10. The van der Waals surface area contributed by atoms with E-state index in [9.17, 15) is 5.11 Å². The molecular formula is C17H26N2O. The van der Waals surface area contributed by atoms with Gasteiger partial charge in [-0.2, -0.15) is 0 Å². The molecule has 1 saturated carbocycles. The molecule has 0 radical (unpaired) electrons. The molecule has 0 aromatic carbocycles. The molecule has 0 amide bonds. The van der Waals surface area contributed by atoms with Crippen LogP contribution in [-0.4, -0.2) is 34.7 Å². The van der Waals surface area contributed by atoms with Crippen LogP contribution in [0, 0.1) is 18.3 Å². The van der Waals surface area contributed by atoms with Gasteiger partial charge in [0.25, 0.3) is 0 Å². The number of piperidine rings is 1. The maximum Gasteiger partial charge on any atom is 0.0547 e. The molecule has 1 saturated heterocycles. The van der Waals surface area contributed by atoms with Crippen molar-refractivity contribution < 1.29 is 5.11 Å². The topological polar surface area (TPSA) is 36.4 Å². The van der Waals surface area contributed by atoms with Gasteiger partial charge in [0.1, 0.15) is 0 Å². The third kappa shape index (κ3) is 3.39. The average Bonchev–Trinajstić information content (AvgIpc) is 3.23. The summed E-state index contributed by atoms with van der Waals surface area (Å²) in [4.78, 5) is 7.10. The van der Waals surface area contributed by atoms with E-state index in [4.69, 9.17) is 0 Å². The van der Waals surface area contributed by atoms with E-state index in [-0.39, 0.29) is 5.41 Å². The van der Waals surface area contributed by atoms with Gasteiger partial charge in [-0.3, -0.25) is 9.88 Å². The summed E-state index contributed by atoms with van der Waals surface area (Å²) in [6.07, 6.45) is 6.38. The molecule has 110 valence electrons. The fourth-order valence-corrected chi connectivity index (χ4v) is 3.66. The van der Waals surface area contributed by atoms with E-state index in [1.165, 1.54) is 32.1 Å². The fourth-order valence-electron chi connectivity index (χ4n) is 3.66. The molecule has 1 aliphatic heterocycles. The van der Waals surface area contributed by atoms with Crippen molar-refractivity contribution in [3.05, 3.63) is 29.6 Å². The van der Waals surface area contributed by atoms with Crippen LogP contribution in [0.25, 0.3) is 0 Å². The number of aliphatic hydroxyl groups is 1. The van der Waals surface area contributed by atoms with E-state index in [1.54, 1.807) is 0 Å². The van der Waals surface area contributed by atoms with Gasteiger partial charge in [0.05, 0.1) is 5.69 Å². The van der Waals surface area contributed by atoms with Crippen LogP contribution in [0.3, 0.4) is 0 Å². The first-order chi connectivity index (χ1) is 9.69. The predicted molar refractivity (Wildman–Crippen MR) is 80.3 cm³/mol. The highest BCUT2D eigenvalue weighted by atomic mass is 16.3. The molecule has 1 aromatic heterocycles. The Balaban J connectivity index is 1.64. The number of nitrogens with zero attached hydrogens (tertiary/aromatic N) is 2. The van der Waals surface area contributed by atoms with Gasteiger partial charge in [0, 0.05) is 30.8 Å². The van der Waals surface area contributed by atoms with Crippen LogP contribution in [0.4, 0.5) is 0 Å². The Hall–Kier alpha value is -0.930. The number of aliphatic hydroxyl groups excluding tert-OH is 1. The lowest BCUT2D eigenvalue weighted by Gasteiger charge is -2.42. The Morgan fingerprint density at radius 3 is 2.95 bits per heavy atom. The van der Waals surface area contributed by atoms with Gasteiger partial charge in [0.15, 0.2) is 0 Å². The number of likely N-dealkylation sites (tertiary alicyclic amines) is 1. The van der Waals surface area contributed by atoms with Crippen molar-refractivity contribution in [3.8, 4) is 0 Å². The second-order valence-electron chi connectivity index (χ2n) is 6.89. The molecule has 3 nitrogen and oxygen atoms in total. The van der Waals surface area contributed by atoms with Crippen molar-refractivity contribution in [2.75, 3.05) is 19.7 Å². The summed E-state index contributed by atoms with van der Waals surface area (Å²) in [6, 6.07) is 6.25. The van der Waals surface area contributed by atoms with Crippen molar-refractivity contribution in [2.45, 2.75) is 45.6 Å². The zero-order chi connectivity index (χ0) is 14.0. The van der Waals surface area contributed by atoms with Crippen LogP contribution in [0.15, 0.2) is 18.2 Å². The molecule has 3 heteroatoms. The van der Waals surface area contributed by atoms with Crippen molar-refractivity contribution in [1.29, 1.82) is 0 Å². The first-order valence-corrected chi connectivity index (χ1v) is 7.95. The standard InChI is InChI=1S/C17H26N2O/c1-14-4-2-5-16(18-14)11-19-9-3-8-17(12-19,13-20)10-15-6-7-15/h2,4-5,15,20H,3,6-13H2,1H3. The van der Waals surface area contributed by atoms with E-state index in [0.717, 1.165) is 36.9 Å². The van der Waals surface area contributed by atoms with Gasteiger partial charge in [-0.1, -0.05) is 18.9 Å². The Morgan fingerprint density at radius 2 is 2.25 bits per heavy atom. The average molecular weight is 274 g/mol. The van der Waals surface area contributed by atoms with Crippen molar-refractivity contribution in [3.63, 3.8) is 0 Å². The van der Waals surface area contributed by atoms with Gasteiger partial charge in [0.2, 0.25) is 0 Å². The Morgan fingerprint density at radius 1 is 1.40 bits per heavy atom. The lowest BCUT2D eigenvalue weighted by atomic mass is 9.76. The summed E-state index contributed by atoms with van der Waals surface area (Å²) < 4.78 is 0. The highest BCUT2D eigenvalue weighted by Crippen LogP contribution is 2.44. The van der Waals surface area contributed by atoms with E-state index < -0.39 is 0 Å². The lowest BCUT2D eigenvalue weighted by molar-refractivity contribution is 0.0175. The van der Waals surface area contributed by atoms with Crippen LogP contribution >= 0.6 is 0 Å². The summed E-state index contributed by atoms with van der Waals surface area (Å²) in [5.74, 6) is 0.888. The predicted octanol–water partition coefficient (Wildman–Crippen LogP) is 2.76. The molecule has 20 heavy (non-hydrogen) atoms. The van der Waals surface area contributed by atoms with Crippen LogP contribution < -0.4 is 0 Å². The van der Waals surface area contributed by atoms with Crippen LogP contribution in [-0.2, 0) is 6.54 Å². The molecule has 0 bridgehead atoms. The van der Waals surface area contributed by atoms with E-state index in [1.807, 2.05) is 13.0 Å². The molecule has 1 N–H and O–H groups in total. The summed E-state index contributed by atoms with van der Waals surface area (Å²) in [5.41, 5.74) is 2.40. The minimum absolute atomic E-state index is 0.156. The second kappa shape index (κ2) is 5.82. The zero-order valence-electron chi connectivity index (χ0n) is 12.5. The summed E-state index contributed by atoms with van der Waals surface area (Å²) in [5, 5.41) is 9.90. The minimum atomic E-state index is 0.156. The molecule has 0 spiro atoms. The van der Waals surface area contributed by atoms with E-state index in [2.05, 4.69) is 22.0 Å². The number of aryl methyl sites for hydroxylation is 1. The van der Waals surface area contributed by atoms with Gasteiger partial charge in [-0.05, 0) is 50.8 Å². The first kappa shape index (κ1) is 14.0. The third-order valence-electron chi connectivity index (χ3n) is 4.83. The maximum atomic E-state index is 9.90. The van der Waals surface area contributed by atoms with Crippen molar-refractivity contribution >= 4 is 0 Å². The van der Waals surface area contributed by atoms with Gasteiger partial charge < -0.3 is 5.11 Å². The fraction of sp³-hybridized carbons (Fsp3) is 0.706. The number of hydrogen-bond acceptors (Lipinski definition) is 3. The minimum Gasteiger partial charge on any atom is -0.396 e. The normalized spacial score (nSPS) is 27.7. The molecular weight excluding hydrogens is 248 g/mol. The number of aromatic nitrogens is 1. The van der Waals surface area contributed by atoms with Crippen LogP contribution in [0.5, 0.6) is 0 Å². The van der Waals surface area contributed by atoms with Gasteiger partial charge in [-0.15, -0.1) is 0 Å². The molecule has 1 unspecified atom stereocenters. The van der Waals surface area contributed by atoms with Gasteiger partial charge >= 0.3 is 0 Å². The molecule has 2 aliphatic rings. The van der Waals surface area contributed by atoms with Crippen LogP contribution in [0.2, 0.25) is 0 Å². The lowest BCUT2D eigenvalue weighted by Crippen LogP contribution is -2.45. The third-order valence-corrected chi connectivity index (χ3v) is 4.83. The number of rotatable bonds is 5. The number of hydrogen-bond donors (Lipinski definition) is 1. The Bertz CT molecular complexity index is 458. The quantitative estimate of drug-likeness (QED) is 0.897. The van der Waals surface area contributed by atoms with Crippen molar-refractivity contribution in [1.82, 2.24) is 9.88 Å². The largest absolute Gasteiger partial charge is 0.396 e. The Kier molecular flexibility index (Phi) is 4.08. The zero-order valence-corrected chi connectivity index (χ0v) is 12.5. The van der Waals surface area contributed by atoms with Crippen molar-refractivity contribution in [2.24, 2.45) is 11.3 Å². The number of pyridine rings is 1. The highest BCUT2D eigenvalue weighted by Gasteiger charge is 2.39. The smallest absolute Gasteiger partial charge is 0.0547 e. The van der Waals surface area contributed by atoms with E-state index in [0.29, 0.717) is 6.61 Å². The Labute approximate surface area is 122 Å². The summed E-state index contributed by atoms with van der Waals surface area (Å²) in [7, 11) is 0. The molecule has 1 aliphatic carbocycles. The molecule has 2 heterocycles. The second-order valence-corrected chi connectivity index (χ2v) is 6.89. The first-order valence-electron chi connectivity index (χ1n) is 7.95.